The fraction of sp³-hybridized carbons (Fsp3) is 0.417. The first-order valence-electron chi connectivity index (χ1n) is 5.72. The molecule has 0 aliphatic carbocycles. The van der Waals surface area contributed by atoms with Gasteiger partial charge in [-0.05, 0) is 24.6 Å². The number of carbonyl (C=O) groups is 1. The van der Waals surface area contributed by atoms with Crippen molar-refractivity contribution in [2.75, 3.05) is 5.32 Å². The van der Waals surface area contributed by atoms with Gasteiger partial charge in [0.1, 0.15) is 0 Å². The molecule has 0 heterocycles. The van der Waals surface area contributed by atoms with Crippen LogP contribution in [0.5, 0.6) is 0 Å². The van der Waals surface area contributed by atoms with Crippen molar-refractivity contribution in [2.45, 2.75) is 25.3 Å². The lowest BCUT2D eigenvalue weighted by molar-refractivity contribution is -0.272. The normalized spacial score (nSPS) is 14.1. The Bertz CT molecular complexity index is 495. The second-order valence-corrected chi connectivity index (χ2v) is 4.42. The highest BCUT2D eigenvalue weighted by molar-refractivity contribution is 5.93. The summed E-state index contributed by atoms with van der Waals surface area (Å²) in [6.45, 7) is 1.58. The first-order chi connectivity index (χ1) is 9.43. The average molecular weight is 314 g/mol. The summed E-state index contributed by atoms with van der Waals surface area (Å²) >= 11 is 0. The Morgan fingerprint density at radius 3 is 2.10 bits per heavy atom. The van der Waals surface area contributed by atoms with Crippen LogP contribution < -0.4 is 11.1 Å². The number of amides is 1. The van der Waals surface area contributed by atoms with E-state index in [-0.39, 0.29) is 5.69 Å². The number of alkyl halides is 6. The number of anilines is 1. The SMILES string of the molecule is CC(N)c1cccc(NC(=O)C(C(F)(F)F)C(F)(F)F)c1. The Labute approximate surface area is 116 Å². The molecule has 0 bridgehead atoms. The number of carbonyl (C=O) groups excluding carboxylic acids is 1. The summed E-state index contributed by atoms with van der Waals surface area (Å²) in [6, 6.07) is 4.80. The van der Waals surface area contributed by atoms with Crippen molar-refractivity contribution < 1.29 is 31.1 Å². The zero-order valence-corrected chi connectivity index (χ0v) is 10.7. The molecule has 0 saturated carbocycles. The maximum atomic E-state index is 12.4. The minimum Gasteiger partial charge on any atom is -0.325 e. The molecule has 0 aromatic heterocycles. The quantitative estimate of drug-likeness (QED) is 0.840. The van der Waals surface area contributed by atoms with Crippen LogP contribution in [0.1, 0.15) is 18.5 Å². The van der Waals surface area contributed by atoms with E-state index in [1.807, 2.05) is 0 Å². The van der Waals surface area contributed by atoms with Crippen LogP contribution in [0, 0.1) is 5.92 Å². The van der Waals surface area contributed by atoms with Gasteiger partial charge in [0, 0.05) is 11.7 Å². The molecule has 118 valence electrons. The molecule has 0 aliphatic rings. The van der Waals surface area contributed by atoms with Crippen LogP contribution in [0.15, 0.2) is 24.3 Å². The molecule has 1 aromatic carbocycles. The van der Waals surface area contributed by atoms with Crippen molar-refractivity contribution in [2.24, 2.45) is 11.7 Å². The van der Waals surface area contributed by atoms with Gasteiger partial charge in [0.25, 0.3) is 0 Å². The van der Waals surface area contributed by atoms with Gasteiger partial charge in [-0.25, -0.2) is 0 Å². The Morgan fingerprint density at radius 1 is 1.14 bits per heavy atom. The van der Waals surface area contributed by atoms with Crippen molar-refractivity contribution in [3.63, 3.8) is 0 Å². The number of halogens is 6. The van der Waals surface area contributed by atoms with E-state index in [4.69, 9.17) is 5.73 Å². The summed E-state index contributed by atoms with van der Waals surface area (Å²) < 4.78 is 74.3. The summed E-state index contributed by atoms with van der Waals surface area (Å²) in [4.78, 5) is 11.3. The molecule has 0 spiro atoms. The fourth-order valence-corrected chi connectivity index (χ4v) is 1.60. The molecular weight excluding hydrogens is 302 g/mol. The van der Waals surface area contributed by atoms with Gasteiger partial charge in [-0.3, -0.25) is 4.79 Å². The number of nitrogens with two attached hydrogens (primary N) is 1. The van der Waals surface area contributed by atoms with Gasteiger partial charge >= 0.3 is 12.4 Å². The largest absolute Gasteiger partial charge is 0.409 e. The van der Waals surface area contributed by atoms with E-state index in [1.165, 1.54) is 24.3 Å². The molecular formula is C12H12F6N2O. The summed E-state index contributed by atoms with van der Waals surface area (Å²) in [5.41, 5.74) is 5.81. The molecule has 0 radical (unpaired) electrons. The van der Waals surface area contributed by atoms with E-state index in [0.29, 0.717) is 5.56 Å². The first kappa shape index (κ1) is 17.3. The molecule has 3 N–H and O–H groups in total. The van der Waals surface area contributed by atoms with Crippen LogP contribution in [0.2, 0.25) is 0 Å². The van der Waals surface area contributed by atoms with E-state index >= 15 is 0 Å². The van der Waals surface area contributed by atoms with Gasteiger partial charge in [-0.2, -0.15) is 26.3 Å². The third kappa shape index (κ3) is 4.62. The van der Waals surface area contributed by atoms with Gasteiger partial charge in [0.15, 0.2) is 0 Å². The molecule has 0 fully saturated rings. The van der Waals surface area contributed by atoms with Crippen molar-refractivity contribution in [3.05, 3.63) is 29.8 Å². The third-order valence-electron chi connectivity index (χ3n) is 2.60. The van der Waals surface area contributed by atoms with Crippen molar-refractivity contribution >= 4 is 11.6 Å². The molecule has 0 aliphatic heterocycles. The Kier molecular flexibility index (Phi) is 4.87. The molecule has 1 rings (SSSR count). The number of benzene rings is 1. The molecule has 9 heteroatoms. The molecule has 0 saturated heterocycles. The Hall–Kier alpha value is -1.77. The molecule has 1 aromatic rings. The van der Waals surface area contributed by atoms with E-state index in [1.54, 1.807) is 12.2 Å². The average Bonchev–Trinajstić information content (AvgIpc) is 2.24. The zero-order chi connectivity index (χ0) is 16.4. The Morgan fingerprint density at radius 2 is 1.67 bits per heavy atom. The lowest BCUT2D eigenvalue weighted by atomic mass is 10.1. The molecule has 1 atom stereocenters. The van der Waals surface area contributed by atoms with Gasteiger partial charge < -0.3 is 11.1 Å². The van der Waals surface area contributed by atoms with Crippen molar-refractivity contribution in [3.8, 4) is 0 Å². The van der Waals surface area contributed by atoms with E-state index < -0.39 is 30.2 Å². The predicted octanol–water partition coefficient (Wildman–Crippen LogP) is 3.39. The third-order valence-corrected chi connectivity index (χ3v) is 2.60. The summed E-state index contributed by atoms with van der Waals surface area (Å²) in [5.74, 6) is -6.26. The molecule has 21 heavy (non-hydrogen) atoms. The first-order valence-corrected chi connectivity index (χ1v) is 5.72. The maximum absolute atomic E-state index is 12.4. The highest BCUT2D eigenvalue weighted by Gasteiger charge is 2.61. The van der Waals surface area contributed by atoms with Crippen LogP contribution >= 0.6 is 0 Å². The number of hydrogen-bond donors (Lipinski definition) is 2. The van der Waals surface area contributed by atoms with Gasteiger partial charge in [0.05, 0.1) is 0 Å². The monoisotopic (exact) mass is 314 g/mol. The lowest BCUT2D eigenvalue weighted by Gasteiger charge is -2.22. The van der Waals surface area contributed by atoms with Gasteiger partial charge in [-0.15, -0.1) is 0 Å². The number of nitrogens with one attached hydrogen (secondary N) is 1. The van der Waals surface area contributed by atoms with Crippen LogP contribution in [0.25, 0.3) is 0 Å². The topological polar surface area (TPSA) is 55.1 Å². The van der Waals surface area contributed by atoms with Crippen LogP contribution in [-0.4, -0.2) is 18.3 Å². The van der Waals surface area contributed by atoms with E-state index in [0.717, 1.165) is 0 Å². The van der Waals surface area contributed by atoms with E-state index in [9.17, 15) is 31.1 Å². The predicted molar refractivity (Wildman–Crippen MR) is 63.3 cm³/mol. The molecule has 1 amide bonds. The summed E-state index contributed by atoms with van der Waals surface area (Å²) in [7, 11) is 0. The second kappa shape index (κ2) is 5.92. The number of hydrogen-bond acceptors (Lipinski definition) is 2. The standard InChI is InChI=1S/C12H12F6N2O/c1-6(19)7-3-2-4-8(5-7)20-10(21)9(11(13,14)15)12(16,17)18/h2-6,9H,19H2,1H3,(H,20,21). The van der Waals surface area contributed by atoms with Crippen molar-refractivity contribution in [1.29, 1.82) is 0 Å². The highest BCUT2D eigenvalue weighted by Crippen LogP contribution is 2.39. The zero-order valence-electron chi connectivity index (χ0n) is 10.7. The Balaban J connectivity index is 3.00. The number of rotatable bonds is 3. The summed E-state index contributed by atoms with van der Waals surface area (Å²) in [6.07, 6.45) is -11.4. The van der Waals surface area contributed by atoms with Crippen LogP contribution in [-0.2, 0) is 4.79 Å². The molecule has 1 unspecified atom stereocenters. The maximum Gasteiger partial charge on any atom is 0.409 e. The summed E-state index contributed by atoms with van der Waals surface area (Å²) in [5, 5.41) is 1.62. The smallest absolute Gasteiger partial charge is 0.325 e. The van der Waals surface area contributed by atoms with Gasteiger partial charge in [0.2, 0.25) is 11.8 Å². The van der Waals surface area contributed by atoms with Crippen molar-refractivity contribution in [1.82, 2.24) is 0 Å². The van der Waals surface area contributed by atoms with Crippen LogP contribution in [0.4, 0.5) is 32.0 Å². The highest BCUT2D eigenvalue weighted by atomic mass is 19.4. The minimum absolute atomic E-state index is 0.187. The fourth-order valence-electron chi connectivity index (χ4n) is 1.60. The molecule has 3 nitrogen and oxygen atoms in total. The minimum atomic E-state index is -5.72. The second-order valence-electron chi connectivity index (χ2n) is 4.42. The van der Waals surface area contributed by atoms with Gasteiger partial charge in [-0.1, -0.05) is 12.1 Å². The van der Waals surface area contributed by atoms with E-state index in [2.05, 4.69) is 0 Å². The lowest BCUT2D eigenvalue weighted by Crippen LogP contribution is -2.45. The van der Waals surface area contributed by atoms with Crippen LogP contribution in [0.3, 0.4) is 0 Å².